The topological polar surface area (TPSA) is 81.0 Å². The Bertz CT molecular complexity index is 634. The second kappa shape index (κ2) is 7.85. The van der Waals surface area contributed by atoms with Crippen LogP contribution in [0.25, 0.3) is 0 Å². The third-order valence-corrected chi connectivity index (χ3v) is 5.49. The molecule has 0 spiro atoms. The van der Waals surface area contributed by atoms with E-state index < -0.39 is 19.0 Å². The maximum atomic E-state index is 14.5. The van der Waals surface area contributed by atoms with Crippen molar-refractivity contribution >= 4 is 13.1 Å². The first kappa shape index (κ1) is 18.4. The second-order valence-corrected chi connectivity index (χ2v) is 7.32. The molecule has 1 heterocycles. The lowest BCUT2D eigenvalue weighted by molar-refractivity contribution is -0.139. The number of hydrogen-bond acceptors (Lipinski definition) is 4. The molecule has 1 aliphatic heterocycles. The monoisotopic (exact) mass is 349 g/mol. The predicted molar refractivity (Wildman–Crippen MR) is 92.7 cm³/mol. The van der Waals surface area contributed by atoms with Crippen LogP contribution in [0.15, 0.2) is 12.1 Å². The summed E-state index contributed by atoms with van der Waals surface area (Å²) in [6.45, 7) is 2.46. The number of likely N-dealkylation sites (tertiary alicyclic amines) is 1. The average Bonchev–Trinajstić information content (AvgIpc) is 3.14. The Morgan fingerprint density at radius 1 is 1.28 bits per heavy atom. The third-order valence-electron chi connectivity index (χ3n) is 5.49. The molecule has 0 amide bonds. The zero-order valence-corrected chi connectivity index (χ0v) is 14.3. The highest BCUT2D eigenvalue weighted by Gasteiger charge is 2.38. The van der Waals surface area contributed by atoms with Gasteiger partial charge in [-0.3, -0.25) is 9.69 Å². The van der Waals surface area contributed by atoms with Crippen molar-refractivity contribution in [1.82, 2.24) is 4.90 Å². The summed E-state index contributed by atoms with van der Waals surface area (Å²) in [6.07, 6.45) is 4.16. The molecular formula is C18H25BFNO4. The summed E-state index contributed by atoms with van der Waals surface area (Å²) in [7, 11) is -1.36. The van der Waals surface area contributed by atoms with Crippen molar-refractivity contribution in [3.8, 4) is 0 Å². The lowest BCUT2D eigenvalue weighted by Gasteiger charge is -2.18. The summed E-state index contributed by atoms with van der Waals surface area (Å²) in [6, 6.07) is 3.26. The summed E-state index contributed by atoms with van der Waals surface area (Å²) < 4.78 is 14.5. The molecule has 0 saturated carbocycles. The molecule has 136 valence electrons. The van der Waals surface area contributed by atoms with E-state index in [0.717, 1.165) is 37.1 Å². The average molecular weight is 349 g/mol. The number of nitrogens with zero attached hydrogens (tertiary/aromatic N) is 1. The maximum absolute atomic E-state index is 14.5. The van der Waals surface area contributed by atoms with Crippen molar-refractivity contribution in [3.63, 3.8) is 0 Å². The van der Waals surface area contributed by atoms with Gasteiger partial charge in [0.2, 0.25) is 0 Å². The van der Waals surface area contributed by atoms with Gasteiger partial charge in [0, 0.05) is 12.1 Å². The fraction of sp³-hybridized carbons (Fsp3) is 0.611. The van der Waals surface area contributed by atoms with Crippen LogP contribution in [0, 0.1) is 11.7 Å². The summed E-state index contributed by atoms with van der Waals surface area (Å²) in [5.74, 6) is -1.88. The van der Waals surface area contributed by atoms with Gasteiger partial charge in [-0.1, -0.05) is 12.5 Å². The first-order valence-electron chi connectivity index (χ1n) is 9.08. The van der Waals surface area contributed by atoms with E-state index in [0.29, 0.717) is 31.4 Å². The number of fused-ring (bicyclic) bond motifs is 1. The fourth-order valence-corrected chi connectivity index (χ4v) is 4.27. The van der Waals surface area contributed by atoms with Crippen LogP contribution in [-0.4, -0.2) is 46.2 Å². The molecule has 1 fully saturated rings. The Morgan fingerprint density at radius 2 is 2.00 bits per heavy atom. The summed E-state index contributed by atoms with van der Waals surface area (Å²) >= 11 is 0. The quantitative estimate of drug-likeness (QED) is 0.656. The lowest BCUT2D eigenvalue weighted by Crippen LogP contribution is -2.20. The number of carboxylic acids is 1. The van der Waals surface area contributed by atoms with Crippen LogP contribution in [-0.2, 0) is 17.8 Å². The number of halogens is 1. The summed E-state index contributed by atoms with van der Waals surface area (Å²) in [4.78, 5) is 14.0. The van der Waals surface area contributed by atoms with Gasteiger partial charge in [0.25, 0.3) is 0 Å². The van der Waals surface area contributed by atoms with Crippen LogP contribution in [0.4, 0.5) is 4.39 Å². The van der Waals surface area contributed by atoms with Crippen LogP contribution in [0.3, 0.4) is 0 Å². The first-order valence-corrected chi connectivity index (χ1v) is 9.08. The number of rotatable bonds is 7. The van der Waals surface area contributed by atoms with Gasteiger partial charge < -0.3 is 15.2 Å². The van der Waals surface area contributed by atoms with Gasteiger partial charge in [-0.15, -0.1) is 0 Å². The molecule has 0 aromatic heterocycles. The van der Waals surface area contributed by atoms with Gasteiger partial charge >= 0.3 is 13.1 Å². The highest BCUT2D eigenvalue weighted by molar-refractivity contribution is 6.40. The van der Waals surface area contributed by atoms with Crippen LogP contribution < -0.4 is 0 Å². The maximum Gasteiger partial charge on any atom is 0.451 e. The molecule has 2 unspecified atom stereocenters. The van der Waals surface area contributed by atoms with Crippen LogP contribution in [0.1, 0.15) is 48.3 Å². The summed E-state index contributed by atoms with van der Waals surface area (Å²) in [5, 5.41) is 27.6. The molecular weight excluding hydrogens is 324 g/mol. The molecule has 2 atom stereocenters. The number of hydrogen-bond donors (Lipinski definition) is 3. The minimum absolute atomic E-state index is 0.118. The van der Waals surface area contributed by atoms with Gasteiger partial charge in [0.05, 0.1) is 5.92 Å². The molecule has 25 heavy (non-hydrogen) atoms. The Hall–Kier alpha value is -1.44. The fourth-order valence-electron chi connectivity index (χ4n) is 4.27. The molecule has 0 bridgehead atoms. The number of benzene rings is 1. The Balaban J connectivity index is 1.78. The van der Waals surface area contributed by atoms with Gasteiger partial charge in [-0.05, 0) is 68.2 Å². The smallest absolute Gasteiger partial charge is 0.451 e. The molecule has 1 aromatic carbocycles. The van der Waals surface area contributed by atoms with Gasteiger partial charge in [0.15, 0.2) is 0 Å². The van der Waals surface area contributed by atoms with Gasteiger partial charge in [0.1, 0.15) is 5.82 Å². The SMILES string of the molecule is O=C(O)C1c2cc(CN3CCCC3)c(F)cc2CC1CCCB(O)O. The van der Waals surface area contributed by atoms with Crippen molar-refractivity contribution in [2.75, 3.05) is 13.1 Å². The van der Waals surface area contributed by atoms with Crippen molar-refractivity contribution in [2.45, 2.75) is 50.9 Å². The van der Waals surface area contributed by atoms with Crippen molar-refractivity contribution in [3.05, 3.63) is 34.6 Å². The van der Waals surface area contributed by atoms with Crippen LogP contribution >= 0.6 is 0 Å². The van der Waals surface area contributed by atoms with E-state index >= 15 is 0 Å². The molecule has 5 nitrogen and oxygen atoms in total. The minimum Gasteiger partial charge on any atom is -0.481 e. The second-order valence-electron chi connectivity index (χ2n) is 7.32. The number of aliphatic carboxylic acids is 1. The summed E-state index contributed by atoms with van der Waals surface area (Å²) in [5.41, 5.74) is 2.10. The Kier molecular flexibility index (Phi) is 5.76. The number of carbonyl (C=O) groups is 1. The van der Waals surface area contributed by atoms with Gasteiger partial charge in [-0.2, -0.15) is 0 Å². The van der Waals surface area contributed by atoms with Crippen molar-refractivity contribution in [2.24, 2.45) is 5.92 Å². The normalized spacial score (nSPS) is 23.0. The van der Waals surface area contributed by atoms with Crippen molar-refractivity contribution < 1.29 is 24.3 Å². The van der Waals surface area contributed by atoms with Gasteiger partial charge in [-0.25, -0.2) is 4.39 Å². The molecule has 7 heteroatoms. The zero-order valence-electron chi connectivity index (χ0n) is 14.3. The first-order chi connectivity index (χ1) is 12.0. The highest BCUT2D eigenvalue weighted by Crippen LogP contribution is 2.42. The van der Waals surface area contributed by atoms with Crippen molar-refractivity contribution in [1.29, 1.82) is 0 Å². The van der Waals surface area contributed by atoms with E-state index in [1.165, 1.54) is 6.07 Å². The lowest BCUT2D eigenvalue weighted by atomic mass is 9.80. The molecule has 1 saturated heterocycles. The molecule has 1 aliphatic carbocycles. The molecule has 1 aromatic rings. The minimum atomic E-state index is -1.36. The van der Waals surface area contributed by atoms with Crippen LogP contribution in [0.2, 0.25) is 6.32 Å². The standard InChI is InChI=1S/C18H25BFNO4/c20-16-10-13-8-12(4-3-5-19(24)25)17(18(22)23)15(13)9-14(16)11-21-6-1-2-7-21/h9-10,12,17,24-25H,1-8,11H2,(H,22,23). The largest absolute Gasteiger partial charge is 0.481 e. The van der Waals surface area contributed by atoms with E-state index in [9.17, 15) is 14.3 Å². The number of carboxylic acid groups (broad SMARTS) is 1. The Morgan fingerprint density at radius 3 is 2.64 bits per heavy atom. The molecule has 3 N–H and O–H groups in total. The van der Waals surface area contributed by atoms with E-state index in [2.05, 4.69) is 4.90 Å². The Labute approximate surface area is 147 Å². The van der Waals surface area contributed by atoms with E-state index in [1.54, 1.807) is 6.07 Å². The van der Waals surface area contributed by atoms with E-state index in [4.69, 9.17) is 10.0 Å². The third kappa shape index (κ3) is 4.22. The van der Waals surface area contributed by atoms with Crippen LogP contribution in [0.5, 0.6) is 0 Å². The predicted octanol–water partition coefficient (Wildman–Crippen LogP) is 2.02. The van der Waals surface area contributed by atoms with E-state index in [-0.39, 0.29) is 18.1 Å². The zero-order chi connectivity index (χ0) is 18.0. The highest BCUT2D eigenvalue weighted by atomic mass is 19.1. The molecule has 0 radical (unpaired) electrons. The molecule has 2 aliphatic rings. The van der Waals surface area contributed by atoms with E-state index in [1.807, 2.05) is 0 Å². The molecule has 3 rings (SSSR count).